The molecule has 5 heteroatoms. The summed E-state index contributed by atoms with van der Waals surface area (Å²) in [5.74, 6) is 1.62. The molecule has 0 aromatic carbocycles. The van der Waals surface area contributed by atoms with Gasteiger partial charge in [0, 0.05) is 51.2 Å². The Morgan fingerprint density at radius 1 is 1.10 bits per heavy atom. The Balaban J connectivity index is 1.67. The van der Waals surface area contributed by atoms with E-state index in [0.29, 0.717) is 6.04 Å². The largest absolute Gasteiger partial charge is 0.338 e. The molecule has 2 heterocycles. The monoisotopic (exact) mass is 291 g/mol. The standard InChI is InChI=1S/C16H29N5/c1-14(5-3-6-15(2)17)13-20-9-11-21(12-10-20)16-18-7-4-8-19-16/h4,7-8,14-15H,3,5-6,9-13,17H2,1-2H3. The third kappa shape index (κ3) is 5.59. The summed E-state index contributed by atoms with van der Waals surface area (Å²) in [6, 6.07) is 2.20. The van der Waals surface area contributed by atoms with E-state index in [1.807, 2.05) is 18.5 Å². The van der Waals surface area contributed by atoms with Gasteiger partial charge in [-0.25, -0.2) is 9.97 Å². The van der Waals surface area contributed by atoms with Crippen LogP contribution >= 0.6 is 0 Å². The summed E-state index contributed by atoms with van der Waals surface area (Å²) in [4.78, 5) is 13.5. The quantitative estimate of drug-likeness (QED) is 0.829. The lowest BCUT2D eigenvalue weighted by atomic mass is 10.0. The topological polar surface area (TPSA) is 58.3 Å². The second-order valence-electron chi connectivity index (χ2n) is 6.35. The van der Waals surface area contributed by atoms with E-state index >= 15 is 0 Å². The highest BCUT2D eigenvalue weighted by atomic mass is 15.3. The van der Waals surface area contributed by atoms with E-state index in [2.05, 4.69) is 33.6 Å². The van der Waals surface area contributed by atoms with Gasteiger partial charge >= 0.3 is 0 Å². The predicted molar refractivity (Wildman–Crippen MR) is 87.3 cm³/mol. The molecule has 2 rings (SSSR count). The van der Waals surface area contributed by atoms with Crippen molar-refractivity contribution in [2.24, 2.45) is 11.7 Å². The van der Waals surface area contributed by atoms with E-state index < -0.39 is 0 Å². The molecule has 0 saturated carbocycles. The molecule has 2 atom stereocenters. The van der Waals surface area contributed by atoms with Gasteiger partial charge in [-0.05, 0) is 31.7 Å². The minimum absolute atomic E-state index is 0.339. The minimum Gasteiger partial charge on any atom is -0.338 e. The van der Waals surface area contributed by atoms with Gasteiger partial charge in [-0.3, -0.25) is 4.90 Å². The number of hydrogen-bond donors (Lipinski definition) is 1. The minimum atomic E-state index is 0.339. The van der Waals surface area contributed by atoms with E-state index in [4.69, 9.17) is 5.73 Å². The highest BCUT2D eigenvalue weighted by Gasteiger charge is 2.19. The molecule has 1 aliphatic heterocycles. The molecule has 0 amide bonds. The summed E-state index contributed by atoms with van der Waals surface area (Å²) < 4.78 is 0. The van der Waals surface area contributed by atoms with E-state index in [9.17, 15) is 0 Å². The Kier molecular flexibility index (Phi) is 6.39. The Morgan fingerprint density at radius 3 is 2.38 bits per heavy atom. The van der Waals surface area contributed by atoms with E-state index in [1.54, 1.807) is 0 Å². The van der Waals surface area contributed by atoms with Gasteiger partial charge in [0.15, 0.2) is 0 Å². The van der Waals surface area contributed by atoms with Crippen molar-refractivity contribution in [3.8, 4) is 0 Å². The highest BCUT2D eigenvalue weighted by Crippen LogP contribution is 2.14. The average Bonchev–Trinajstić information content (AvgIpc) is 2.48. The van der Waals surface area contributed by atoms with Crippen LogP contribution in [0.1, 0.15) is 33.1 Å². The fraction of sp³-hybridized carbons (Fsp3) is 0.750. The van der Waals surface area contributed by atoms with Gasteiger partial charge < -0.3 is 10.6 Å². The van der Waals surface area contributed by atoms with E-state index in [0.717, 1.165) is 44.5 Å². The van der Waals surface area contributed by atoms with Crippen LogP contribution in [0.5, 0.6) is 0 Å². The molecule has 1 aromatic heterocycles. The van der Waals surface area contributed by atoms with Crippen molar-refractivity contribution in [1.82, 2.24) is 14.9 Å². The van der Waals surface area contributed by atoms with Crippen molar-refractivity contribution in [3.05, 3.63) is 18.5 Å². The van der Waals surface area contributed by atoms with Crippen molar-refractivity contribution < 1.29 is 0 Å². The zero-order chi connectivity index (χ0) is 15.1. The zero-order valence-corrected chi connectivity index (χ0v) is 13.4. The van der Waals surface area contributed by atoms with Gasteiger partial charge in [0.05, 0.1) is 0 Å². The first-order valence-corrected chi connectivity index (χ1v) is 8.15. The van der Waals surface area contributed by atoms with Crippen LogP contribution in [0.15, 0.2) is 18.5 Å². The molecule has 0 radical (unpaired) electrons. The molecule has 0 aliphatic carbocycles. The van der Waals surface area contributed by atoms with Crippen molar-refractivity contribution in [1.29, 1.82) is 0 Å². The number of aromatic nitrogens is 2. The SMILES string of the molecule is CC(N)CCCC(C)CN1CCN(c2ncccn2)CC1. The van der Waals surface area contributed by atoms with Crippen LogP contribution in [-0.2, 0) is 0 Å². The van der Waals surface area contributed by atoms with Gasteiger partial charge in [-0.1, -0.05) is 13.3 Å². The molecule has 1 saturated heterocycles. The number of piperazine rings is 1. The van der Waals surface area contributed by atoms with Crippen molar-refractivity contribution in [2.75, 3.05) is 37.6 Å². The second-order valence-corrected chi connectivity index (χ2v) is 6.35. The molecule has 0 spiro atoms. The van der Waals surface area contributed by atoms with Gasteiger partial charge in [-0.15, -0.1) is 0 Å². The number of nitrogens with zero attached hydrogens (tertiary/aromatic N) is 4. The fourth-order valence-electron chi connectivity index (χ4n) is 2.91. The molecule has 1 aliphatic rings. The number of anilines is 1. The summed E-state index contributed by atoms with van der Waals surface area (Å²) in [5, 5.41) is 0. The van der Waals surface area contributed by atoms with Crippen LogP contribution in [0.3, 0.4) is 0 Å². The Labute approximate surface area is 128 Å². The highest BCUT2D eigenvalue weighted by molar-refractivity contribution is 5.29. The molecule has 21 heavy (non-hydrogen) atoms. The lowest BCUT2D eigenvalue weighted by Gasteiger charge is -2.35. The molecule has 118 valence electrons. The molecule has 0 bridgehead atoms. The summed E-state index contributed by atoms with van der Waals surface area (Å²) in [5.41, 5.74) is 5.81. The second kappa shape index (κ2) is 8.29. The lowest BCUT2D eigenvalue weighted by Crippen LogP contribution is -2.48. The molecule has 2 unspecified atom stereocenters. The lowest BCUT2D eigenvalue weighted by molar-refractivity contribution is 0.217. The summed E-state index contributed by atoms with van der Waals surface area (Å²) >= 11 is 0. The predicted octanol–water partition coefficient (Wildman–Crippen LogP) is 1.75. The first-order valence-electron chi connectivity index (χ1n) is 8.15. The number of rotatable bonds is 7. The van der Waals surface area contributed by atoms with E-state index in [-0.39, 0.29) is 0 Å². The molecular weight excluding hydrogens is 262 g/mol. The van der Waals surface area contributed by atoms with Crippen LogP contribution in [-0.4, -0.2) is 53.6 Å². The first-order chi connectivity index (χ1) is 10.1. The van der Waals surface area contributed by atoms with Crippen LogP contribution in [0.25, 0.3) is 0 Å². The third-order valence-electron chi connectivity index (χ3n) is 4.13. The van der Waals surface area contributed by atoms with Gasteiger partial charge in [-0.2, -0.15) is 0 Å². The Bertz CT molecular complexity index is 387. The van der Waals surface area contributed by atoms with Crippen molar-refractivity contribution >= 4 is 5.95 Å². The normalized spacial score (nSPS) is 19.5. The molecule has 2 N–H and O–H groups in total. The van der Waals surface area contributed by atoms with Crippen LogP contribution in [0.4, 0.5) is 5.95 Å². The maximum atomic E-state index is 5.81. The molecule has 1 fully saturated rings. The van der Waals surface area contributed by atoms with E-state index in [1.165, 1.54) is 19.4 Å². The third-order valence-corrected chi connectivity index (χ3v) is 4.13. The summed E-state index contributed by atoms with van der Waals surface area (Å²) in [6.07, 6.45) is 7.30. The van der Waals surface area contributed by atoms with Gasteiger partial charge in [0.1, 0.15) is 0 Å². The molecular formula is C16H29N5. The van der Waals surface area contributed by atoms with Gasteiger partial charge in [0.25, 0.3) is 0 Å². The summed E-state index contributed by atoms with van der Waals surface area (Å²) in [7, 11) is 0. The molecule has 1 aromatic rings. The Hall–Kier alpha value is -1.20. The van der Waals surface area contributed by atoms with Crippen LogP contribution in [0.2, 0.25) is 0 Å². The van der Waals surface area contributed by atoms with Crippen molar-refractivity contribution in [2.45, 2.75) is 39.2 Å². The van der Waals surface area contributed by atoms with Crippen LogP contribution < -0.4 is 10.6 Å². The molecule has 5 nitrogen and oxygen atoms in total. The number of nitrogens with two attached hydrogens (primary N) is 1. The van der Waals surface area contributed by atoms with Crippen LogP contribution in [0, 0.1) is 5.92 Å². The Morgan fingerprint density at radius 2 is 1.76 bits per heavy atom. The fourth-order valence-corrected chi connectivity index (χ4v) is 2.91. The maximum Gasteiger partial charge on any atom is 0.225 e. The maximum absolute atomic E-state index is 5.81. The average molecular weight is 291 g/mol. The first kappa shape index (κ1) is 16.2. The van der Waals surface area contributed by atoms with Gasteiger partial charge in [0.2, 0.25) is 5.95 Å². The summed E-state index contributed by atoms with van der Waals surface area (Å²) in [6.45, 7) is 9.91. The van der Waals surface area contributed by atoms with Crippen molar-refractivity contribution in [3.63, 3.8) is 0 Å². The number of hydrogen-bond acceptors (Lipinski definition) is 5. The smallest absolute Gasteiger partial charge is 0.225 e. The zero-order valence-electron chi connectivity index (χ0n) is 13.4.